The van der Waals surface area contributed by atoms with Crippen LogP contribution < -0.4 is 0 Å². The molecule has 1 N–H and O–H groups in total. The average Bonchev–Trinajstić information content (AvgIpc) is 2.77. The quantitative estimate of drug-likeness (QED) is 0.803. The summed E-state index contributed by atoms with van der Waals surface area (Å²) in [5.74, 6) is 0. The summed E-state index contributed by atoms with van der Waals surface area (Å²) in [7, 11) is 0. The number of nitrogens with one attached hydrogen (secondary N) is 1. The van der Waals surface area contributed by atoms with E-state index in [4.69, 9.17) is 0 Å². The fourth-order valence-corrected chi connectivity index (χ4v) is 1.27. The molecule has 0 aliphatic carbocycles. The lowest BCUT2D eigenvalue weighted by molar-refractivity contribution is -0.128. The summed E-state index contributed by atoms with van der Waals surface area (Å²) >= 11 is 0. The van der Waals surface area contributed by atoms with E-state index in [1.54, 1.807) is 6.92 Å². The molecule has 0 spiro atoms. The van der Waals surface area contributed by atoms with Crippen molar-refractivity contribution >= 4 is 23.5 Å². The van der Waals surface area contributed by atoms with E-state index in [2.05, 4.69) is 34.5 Å². The second-order valence-corrected chi connectivity index (χ2v) is 3.08. The molecule has 0 saturated heterocycles. The minimum Gasteiger partial charge on any atom is -0.468 e. The predicted octanol–water partition coefficient (Wildman–Crippen LogP) is 2.99. The lowest BCUT2D eigenvalue weighted by Gasteiger charge is -1.91. The van der Waals surface area contributed by atoms with Gasteiger partial charge in [-0.05, 0) is 36.1 Å². The van der Waals surface area contributed by atoms with Crippen LogP contribution in [0.2, 0.25) is 0 Å². The van der Waals surface area contributed by atoms with Gasteiger partial charge in [0.25, 0.3) is 6.47 Å². The second-order valence-electron chi connectivity index (χ2n) is 3.08. The van der Waals surface area contributed by atoms with Gasteiger partial charge >= 0.3 is 0 Å². The zero-order chi connectivity index (χ0) is 11.8. The molecule has 0 fully saturated rings. The van der Waals surface area contributed by atoms with E-state index >= 15 is 0 Å². The van der Waals surface area contributed by atoms with Gasteiger partial charge in [0.15, 0.2) is 0 Å². The van der Waals surface area contributed by atoms with E-state index < -0.39 is 0 Å². The molecule has 1 heterocycles. The molecule has 0 atom stereocenters. The summed E-state index contributed by atoms with van der Waals surface area (Å²) in [5.41, 5.74) is 2.34. The Morgan fingerprint density at radius 1 is 1.44 bits per heavy atom. The third kappa shape index (κ3) is 3.28. The molecule has 0 radical (unpaired) electrons. The number of benzene rings is 1. The highest BCUT2D eigenvalue weighted by molar-refractivity contribution is 5.81. The maximum atomic E-state index is 9.18. The van der Waals surface area contributed by atoms with Crippen LogP contribution in [0.3, 0.4) is 0 Å². The van der Waals surface area contributed by atoms with Crippen molar-refractivity contribution in [3.63, 3.8) is 0 Å². The van der Waals surface area contributed by atoms with Gasteiger partial charge in [0.05, 0.1) is 6.61 Å². The lowest BCUT2D eigenvalue weighted by atomic mass is 10.1. The van der Waals surface area contributed by atoms with Gasteiger partial charge in [-0.2, -0.15) is 0 Å². The third-order valence-electron chi connectivity index (χ3n) is 2.05. The van der Waals surface area contributed by atoms with Crippen LogP contribution in [0.25, 0.3) is 17.0 Å². The molecule has 0 aliphatic heterocycles. The number of aromatic nitrogens is 1. The Morgan fingerprint density at radius 3 is 2.81 bits per heavy atom. The van der Waals surface area contributed by atoms with Gasteiger partial charge in [0, 0.05) is 11.7 Å². The Balaban J connectivity index is 0.000000221. The van der Waals surface area contributed by atoms with Gasteiger partial charge in [-0.25, -0.2) is 0 Å². The summed E-state index contributed by atoms with van der Waals surface area (Å²) in [6.07, 6.45) is 3.80. The molecule has 3 nitrogen and oxygen atoms in total. The summed E-state index contributed by atoms with van der Waals surface area (Å²) in [6.45, 7) is 6.38. The Hall–Kier alpha value is -2.03. The van der Waals surface area contributed by atoms with Gasteiger partial charge < -0.3 is 9.72 Å². The Labute approximate surface area is 94.7 Å². The summed E-state index contributed by atoms with van der Waals surface area (Å²) < 4.78 is 4.15. The SMILES string of the molecule is C=Cc1ccc2[nH]ccc2c1.CCOC=O. The number of H-pyrrole nitrogens is 1. The van der Waals surface area contributed by atoms with Gasteiger partial charge in [-0.1, -0.05) is 18.7 Å². The first-order valence-corrected chi connectivity index (χ1v) is 5.06. The highest BCUT2D eigenvalue weighted by Gasteiger charge is 1.92. The molecular weight excluding hydrogens is 202 g/mol. The normalized spacial score (nSPS) is 9.06. The lowest BCUT2D eigenvalue weighted by Crippen LogP contribution is -1.80. The van der Waals surface area contributed by atoms with Crippen LogP contribution in [0.4, 0.5) is 0 Å². The number of hydrogen-bond acceptors (Lipinski definition) is 2. The van der Waals surface area contributed by atoms with Gasteiger partial charge in [-0.3, -0.25) is 4.79 Å². The minimum atomic E-state index is 0.431. The molecule has 0 amide bonds. The van der Waals surface area contributed by atoms with Gasteiger partial charge in [0.1, 0.15) is 0 Å². The molecule has 1 aromatic heterocycles. The number of fused-ring (bicyclic) bond motifs is 1. The largest absolute Gasteiger partial charge is 0.468 e. The van der Waals surface area contributed by atoms with Crippen LogP contribution in [-0.4, -0.2) is 18.1 Å². The minimum absolute atomic E-state index is 0.431. The van der Waals surface area contributed by atoms with Gasteiger partial charge in [0.2, 0.25) is 0 Å². The molecule has 2 aromatic rings. The monoisotopic (exact) mass is 217 g/mol. The molecule has 1 aromatic carbocycles. The highest BCUT2D eigenvalue weighted by atomic mass is 16.5. The smallest absolute Gasteiger partial charge is 0.293 e. The van der Waals surface area contributed by atoms with Crippen molar-refractivity contribution in [2.24, 2.45) is 0 Å². The van der Waals surface area contributed by atoms with Crippen molar-refractivity contribution in [1.82, 2.24) is 4.98 Å². The number of ether oxygens (including phenoxy) is 1. The van der Waals surface area contributed by atoms with E-state index in [0.29, 0.717) is 13.1 Å². The first-order chi connectivity index (χ1) is 7.81. The van der Waals surface area contributed by atoms with Crippen molar-refractivity contribution < 1.29 is 9.53 Å². The molecule has 0 aliphatic rings. The molecular formula is C13H15NO2. The predicted molar refractivity (Wildman–Crippen MR) is 66.1 cm³/mol. The summed E-state index contributed by atoms with van der Waals surface area (Å²) in [4.78, 5) is 12.3. The first-order valence-electron chi connectivity index (χ1n) is 5.06. The third-order valence-corrected chi connectivity index (χ3v) is 2.05. The fraction of sp³-hybridized carbons (Fsp3) is 0.154. The fourth-order valence-electron chi connectivity index (χ4n) is 1.27. The van der Waals surface area contributed by atoms with Crippen molar-refractivity contribution in [3.05, 3.63) is 42.6 Å². The summed E-state index contributed by atoms with van der Waals surface area (Å²) in [6, 6.07) is 8.28. The van der Waals surface area contributed by atoms with E-state index in [9.17, 15) is 4.79 Å². The molecule has 3 heteroatoms. The van der Waals surface area contributed by atoms with E-state index in [1.165, 1.54) is 10.9 Å². The Kier molecular flexibility index (Phi) is 4.86. The van der Waals surface area contributed by atoms with Crippen LogP contribution >= 0.6 is 0 Å². The van der Waals surface area contributed by atoms with Crippen LogP contribution in [0.1, 0.15) is 12.5 Å². The Morgan fingerprint density at radius 2 is 2.25 bits per heavy atom. The van der Waals surface area contributed by atoms with Crippen molar-refractivity contribution in [2.75, 3.05) is 6.61 Å². The molecule has 0 unspecified atom stereocenters. The van der Waals surface area contributed by atoms with Crippen molar-refractivity contribution in [3.8, 4) is 0 Å². The summed E-state index contributed by atoms with van der Waals surface area (Å²) in [5, 5.41) is 1.24. The number of rotatable bonds is 3. The second kappa shape index (κ2) is 6.45. The van der Waals surface area contributed by atoms with Crippen LogP contribution in [0, 0.1) is 0 Å². The van der Waals surface area contributed by atoms with Crippen LogP contribution in [0.5, 0.6) is 0 Å². The maximum absolute atomic E-state index is 9.18. The molecule has 0 bridgehead atoms. The topological polar surface area (TPSA) is 42.1 Å². The molecule has 84 valence electrons. The van der Waals surface area contributed by atoms with Crippen molar-refractivity contribution in [1.29, 1.82) is 0 Å². The van der Waals surface area contributed by atoms with Gasteiger partial charge in [-0.15, -0.1) is 0 Å². The molecule has 2 rings (SSSR count). The molecule has 16 heavy (non-hydrogen) atoms. The Bertz CT molecular complexity index is 460. The number of aromatic amines is 1. The highest BCUT2D eigenvalue weighted by Crippen LogP contribution is 2.14. The van der Waals surface area contributed by atoms with E-state index in [0.717, 1.165) is 5.56 Å². The maximum Gasteiger partial charge on any atom is 0.293 e. The van der Waals surface area contributed by atoms with Crippen molar-refractivity contribution in [2.45, 2.75) is 6.92 Å². The average molecular weight is 217 g/mol. The zero-order valence-corrected chi connectivity index (χ0v) is 9.27. The number of carbonyl (C=O) groups is 1. The number of carbonyl (C=O) groups excluding carboxylic acids is 1. The van der Waals surface area contributed by atoms with Crippen LogP contribution in [0.15, 0.2) is 37.0 Å². The zero-order valence-electron chi connectivity index (χ0n) is 9.27. The molecule has 0 saturated carbocycles. The standard InChI is InChI=1S/C10H9N.C3H6O2/c1-2-8-3-4-10-9(7-8)5-6-11-10;1-2-5-3-4/h2-7,11H,1H2;3H,2H2,1H3. The van der Waals surface area contributed by atoms with E-state index in [-0.39, 0.29) is 0 Å². The van der Waals surface area contributed by atoms with E-state index in [1.807, 2.05) is 18.3 Å². The first kappa shape index (κ1) is 12.0. The number of hydrogen-bond donors (Lipinski definition) is 1. The van der Waals surface area contributed by atoms with Crippen LogP contribution in [-0.2, 0) is 9.53 Å².